The molecule has 0 bridgehead atoms. The van der Waals surface area contributed by atoms with E-state index >= 15 is 0 Å². The zero-order valence-corrected chi connectivity index (χ0v) is 12.4. The van der Waals surface area contributed by atoms with Gasteiger partial charge in [-0.2, -0.15) is 0 Å². The van der Waals surface area contributed by atoms with E-state index in [1.165, 1.54) is 57.9 Å². The zero-order valence-electron chi connectivity index (χ0n) is 12.4. The number of hydrogen-bond donors (Lipinski definition) is 0. The van der Waals surface area contributed by atoms with Crippen LogP contribution < -0.4 is 0 Å². The maximum atomic E-state index is 4.55. The molecule has 1 aliphatic carbocycles. The van der Waals surface area contributed by atoms with Crippen molar-refractivity contribution in [3.63, 3.8) is 0 Å². The first-order valence-electron chi connectivity index (χ1n) is 7.96. The van der Waals surface area contributed by atoms with Crippen molar-refractivity contribution in [1.29, 1.82) is 0 Å². The number of hydrogen-bond acceptors (Lipinski definition) is 4. The summed E-state index contributed by atoms with van der Waals surface area (Å²) in [6.45, 7) is 8.42. The van der Waals surface area contributed by atoms with Crippen LogP contribution in [0.1, 0.15) is 24.7 Å². The van der Waals surface area contributed by atoms with Gasteiger partial charge in [0.25, 0.3) is 0 Å². The summed E-state index contributed by atoms with van der Waals surface area (Å²) >= 11 is 0. The van der Waals surface area contributed by atoms with Crippen LogP contribution in [0.4, 0.5) is 0 Å². The van der Waals surface area contributed by atoms with Gasteiger partial charge in [-0.25, -0.2) is 4.98 Å². The molecular weight excluding hydrogens is 250 g/mol. The fourth-order valence-electron chi connectivity index (χ4n) is 3.44. The summed E-state index contributed by atoms with van der Waals surface area (Å²) in [5.41, 5.74) is 0. The Morgan fingerprint density at radius 1 is 1.10 bits per heavy atom. The first kappa shape index (κ1) is 12.8. The van der Waals surface area contributed by atoms with Crippen LogP contribution in [-0.4, -0.2) is 76.6 Å². The Hall–Kier alpha value is -0.910. The number of imidazole rings is 1. The van der Waals surface area contributed by atoms with Crippen LogP contribution in [0.2, 0.25) is 0 Å². The van der Waals surface area contributed by atoms with Crippen LogP contribution in [0.25, 0.3) is 0 Å². The molecule has 1 saturated carbocycles. The molecule has 0 radical (unpaired) electrons. The third kappa shape index (κ3) is 2.50. The first-order chi connectivity index (χ1) is 9.79. The van der Waals surface area contributed by atoms with Crippen molar-refractivity contribution >= 4 is 0 Å². The smallest absolute Gasteiger partial charge is 0.123 e. The van der Waals surface area contributed by atoms with Gasteiger partial charge < -0.3 is 9.47 Å². The summed E-state index contributed by atoms with van der Waals surface area (Å²) in [6, 6.07) is 1.54. The molecule has 1 aromatic rings. The second-order valence-corrected chi connectivity index (χ2v) is 6.67. The highest BCUT2D eigenvalue weighted by Crippen LogP contribution is 2.36. The molecule has 4 rings (SSSR count). The lowest BCUT2D eigenvalue weighted by atomic mass is 10.1. The number of aromatic nitrogens is 2. The van der Waals surface area contributed by atoms with E-state index in [-0.39, 0.29) is 0 Å². The minimum absolute atomic E-state index is 0.752. The minimum atomic E-state index is 0.752. The molecule has 20 heavy (non-hydrogen) atoms. The third-order valence-electron chi connectivity index (χ3n) is 5.05. The van der Waals surface area contributed by atoms with E-state index in [0.29, 0.717) is 0 Å². The summed E-state index contributed by atoms with van der Waals surface area (Å²) in [4.78, 5) is 12.2. The van der Waals surface area contributed by atoms with Gasteiger partial charge in [0.2, 0.25) is 0 Å². The molecule has 2 saturated heterocycles. The highest BCUT2D eigenvalue weighted by Gasteiger charge is 2.34. The van der Waals surface area contributed by atoms with E-state index < -0.39 is 0 Å². The topological polar surface area (TPSA) is 27.5 Å². The van der Waals surface area contributed by atoms with Gasteiger partial charge in [-0.1, -0.05) is 0 Å². The normalized spacial score (nSPS) is 26.9. The standard InChI is InChI=1S/C15H25N5/c1-17-6-8-19(9-7-17)14-10-18(11-14)12-15-16-4-5-20(15)13-2-3-13/h4-5,13-14H,2-3,6-12H2,1H3. The van der Waals surface area contributed by atoms with Crippen molar-refractivity contribution in [2.75, 3.05) is 46.3 Å². The quantitative estimate of drug-likeness (QED) is 0.806. The minimum Gasteiger partial charge on any atom is -0.331 e. The molecule has 3 aliphatic rings. The lowest BCUT2D eigenvalue weighted by Crippen LogP contribution is -2.62. The van der Waals surface area contributed by atoms with Crippen LogP contribution in [0.3, 0.4) is 0 Å². The molecule has 3 heterocycles. The Bertz CT molecular complexity index is 453. The van der Waals surface area contributed by atoms with Gasteiger partial charge >= 0.3 is 0 Å². The number of piperazine rings is 1. The predicted molar refractivity (Wildman–Crippen MR) is 78.6 cm³/mol. The number of likely N-dealkylation sites (tertiary alicyclic amines) is 1. The molecule has 0 aromatic carbocycles. The van der Waals surface area contributed by atoms with E-state index in [9.17, 15) is 0 Å². The van der Waals surface area contributed by atoms with E-state index in [2.05, 4.69) is 37.5 Å². The van der Waals surface area contributed by atoms with Crippen LogP contribution in [0.15, 0.2) is 12.4 Å². The van der Waals surface area contributed by atoms with E-state index in [0.717, 1.165) is 18.6 Å². The molecule has 5 nitrogen and oxygen atoms in total. The summed E-state index contributed by atoms with van der Waals surface area (Å²) < 4.78 is 2.39. The molecular formula is C15H25N5. The fraction of sp³-hybridized carbons (Fsp3) is 0.800. The van der Waals surface area contributed by atoms with Crippen molar-refractivity contribution in [2.45, 2.75) is 31.5 Å². The van der Waals surface area contributed by atoms with Crippen LogP contribution in [0, 0.1) is 0 Å². The Kier molecular flexibility index (Phi) is 3.28. The van der Waals surface area contributed by atoms with Gasteiger partial charge in [-0.15, -0.1) is 0 Å². The Labute approximate surface area is 121 Å². The fourth-order valence-corrected chi connectivity index (χ4v) is 3.44. The number of rotatable bonds is 4. The third-order valence-corrected chi connectivity index (χ3v) is 5.05. The van der Waals surface area contributed by atoms with Gasteiger partial charge in [0.05, 0.1) is 6.54 Å². The summed E-state index contributed by atoms with van der Waals surface area (Å²) in [5, 5.41) is 0. The molecule has 0 atom stereocenters. The number of nitrogens with zero attached hydrogens (tertiary/aromatic N) is 5. The summed E-state index contributed by atoms with van der Waals surface area (Å²) in [7, 11) is 2.22. The molecule has 5 heteroatoms. The Morgan fingerprint density at radius 2 is 1.85 bits per heavy atom. The Morgan fingerprint density at radius 3 is 2.55 bits per heavy atom. The van der Waals surface area contributed by atoms with Crippen molar-refractivity contribution in [3.05, 3.63) is 18.2 Å². The monoisotopic (exact) mass is 275 g/mol. The van der Waals surface area contributed by atoms with Crippen LogP contribution in [-0.2, 0) is 6.54 Å². The highest BCUT2D eigenvalue weighted by molar-refractivity contribution is 5.01. The molecule has 2 aliphatic heterocycles. The molecule has 0 N–H and O–H groups in total. The SMILES string of the molecule is CN1CCN(C2CN(Cc3nccn3C3CC3)C2)CC1. The maximum Gasteiger partial charge on any atom is 0.123 e. The van der Waals surface area contributed by atoms with Gasteiger partial charge in [0, 0.05) is 63.7 Å². The largest absolute Gasteiger partial charge is 0.331 e. The molecule has 0 amide bonds. The number of likely N-dealkylation sites (N-methyl/N-ethyl adjacent to an activating group) is 1. The van der Waals surface area contributed by atoms with E-state index in [1.807, 2.05) is 6.20 Å². The van der Waals surface area contributed by atoms with Crippen LogP contribution >= 0.6 is 0 Å². The maximum absolute atomic E-state index is 4.55. The zero-order chi connectivity index (χ0) is 13.5. The molecule has 3 fully saturated rings. The average molecular weight is 275 g/mol. The lowest BCUT2D eigenvalue weighted by molar-refractivity contribution is 0.00377. The van der Waals surface area contributed by atoms with Crippen molar-refractivity contribution < 1.29 is 0 Å². The van der Waals surface area contributed by atoms with Crippen molar-refractivity contribution in [2.24, 2.45) is 0 Å². The predicted octanol–water partition coefficient (Wildman–Crippen LogP) is 0.650. The second-order valence-electron chi connectivity index (χ2n) is 6.67. The first-order valence-corrected chi connectivity index (χ1v) is 7.96. The Balaban J connectivity index is 1.27. The summed E-state index contributed by atoms with van der Waals surface area (Å²) in [5.74, 6) is 1.27. The van der Waals surface area contributed by atoms with E-state index in [1.54, 1.807) is 0 Å². The molecule has 0 unspecified atom stereocenters. The van der Waals surface area contributed by atoms with Gasteiger partial charge in [0.15, 0.2) is 0 Å². The second kappa shape index (κ2) is 5.13. The van der Waals surface area contributed by atoms with Gasteiger partial charge in [-0.3, -0.25) is 9.80 Å². The van der Waals surface area contributed by atoms with Crippen molar-refractivity contribution in [1.82, 2.24) is 24.3 Å². The average Bonchev–Trinajstić information content (AvgIpc) is 3.15. The highest BCUT2D eigenvalue weighted by atomic mass is 15.4. The van der Waals surface area contributed by atoms with Crippen molar-refractivity contribution in [3.8, 4) is 0 Å². The molecule has 0 spiro atoms. The lowest BCUT2D eigenvalue weighted by Gasteiger charge is -2.47. The molecule has 110 valence electrons. The van der Waals surface area contributed by atoms with Gasteiger partial charge in [0.1, 0.15) is 5.82 Å². The van der Waals surface area contributed by atoms with Gasteiger partial charge in [-0.05, 0) is 19.9 Å². The van der Waals surface area contributed by atoms with Crippen LogP contribution in [0.5, 0.6) is 0 Å². The molecule has 1 aromatic heterocycles. The van der Waals surface area contributed by atoms with E-state index in [4.69, 9.17) is 0 Å². The summed E-state index contributed by atoms with van der Waals surface area (Å²) in [6.07, 6.45) is 6.80.